The highest BCUT2D eigenvalue weighted by molar-refractivity contribution is 5.01. The number of hydrogen-bond acceptors (Lipinski definition) is 2. The number of hydrogen-bond donors (Lipinski definition) is 2. The zero-order valence-corrected chi connectivity index (χ0v) is 7.43. The Hall–Kier alpha value is -0.830. The summed E-state index contributed by atoms with van der Waals surface area (Å²) in [4.78, 5) is 7.45. The molecule has 1 fully saturated rings. The third-order valence-corrected chi connectivity index (χ3v) is 2.43. The van der Waals surface area contributed by atoms with Crippen molar-refractivity contribution < 1.29 is 0 Å². The minimum Gasteiger partial charge on any atom is -0.346 e. The normalized spacial score (nSPS) is 23.2. The lowest BCUT2D eigenvalue weighted by Crippen LogP contribution is -2.10. The van der Waals surface area contributed by atoms with Crippen LogP contribution in [-0.2, 0) is 6.42 Å². The molecular formula is C9H15N3. The number of nitrogens with zero attached hydrogens (tertiary/aromatic N) is 1. The summed E-state index contributed by atoms with van der Waals surface area (Å²) in [7, 11) is 0. The van der Waals surface area contributed by atoms with Crippen molar-refractivity contribution >= 4 is 0 Å². The zero-order chi connectivity index (χ0) is 8.39. The highest BCUT2D eigenvalue weighted by atomic mass is 14.9. The minimum atomic E-state index is 0.810. The van der Waals surface area contributed by atoms with Gasteiger partial charge >= 0.3 is 0 Å². The molecule has 0 radical (unpaired) electrons. The minimum absolute atomic E-state index is 0.810. The average Bonchev–Trinajstić information content (AvgIpc) is 2.63. The van der Waals surface area contributed by atoms with Gasteiger partial charge in [0.05, 0.1) is 0 Å². The van der Waals surface area contributed by atoms with Gasteiger partial charge in [0.15, 0.2) is 0 Å². The fourth-order valence-electron chi connectivity index (χ4n) is 1.78. The molecule has 2 heterocycles. The molecule has 0 amide bonds. The quantitative estimate of drug-likeness (QED) is 0.682. The van der Waals surface area contributed by atoms with Crippen molar-refractivity contribution in [3.05, 3.63) is 17.7 Å². The predicted octanol–water partition coefficient (Wildman–Crippen LogP) is 0.870. The van der Waals surface area contributed by atoms with Gasteiger partial charge < -0.3 is 10.3 Å². The Bertz CT molecular complexity index is 248. The Labute approximate surface area is 72.6 Å². The first-order valence-corrected chi connectivity index (χ1v) is 4.56. The molecule has 1 atom stereocenters. The molecule has 0 aromatic carbocycles. The Kier molecular flexibility index (Phi) is 2.13. The van der Waals surface area contributed by atoms with Gasteiger partial charge in [-0.1, -0.05) is 0 Å². The lowest BCUT2D eigenvalue weighted by atomic mass is 10.0. The van der Waals surface area contributed by atoms with Crippen LogP contribution in [0, 0.1) is 12.8 Å². The van der Waals surface area contributed by atoms with Gasteiger partial charge in [-0.05, 0) is 38.8 Å². The van der Waals surface area contributed by atoms with E-state index in [1.165, 1.54) is 18.7 Å². The molecule has 3 heteroatoms. The number of H-pyrrole nitrogens is 1. The van der Waals surface area contributed by atoms with Crippen LogP contribution in [0.1, 0.15) is 17.9 Å². The molecule has 66 valence electrons. The van der Waals surface area contributed by atoms with E-state index in [4.69, 9.17) is 0 Å². The molecular weight excluding hydrogens is 150 g/mol. The summed E-state index contributed by atoms with van der Waals surface area (Å²) in [6, 6.07) is 0. The van der Waals surface area contributed by atoms with Gasteiger partial charge in [0.1, 0.15) is 5.82 Å². The van der Waals surface area contributed by atoms with E-state index in [1.54, 1.807) is 0 Å². The summed E-state index contributed by atoms with van der Waals surface area (Å²) in [5.41, 5.74) is 1.28. The first-order valence-electron chi connectivity index (χ1n) is 4.56. The monoisotopic (exact) mass is 165 g/mol. The molecule has 0 aliphatic carbocycles. The van der Waals surface area contributed by atoms with Gasteiger partial charge in [0.25, 0.3) is 0 Å². The van der Waals surface area contributed by atoms with E-state index in [-0.39, 0.29) is 0 Å². The Morgan fingerprint density at radius 2 is 2.58 bits per heavy atom. The van der Waals surface area contributed by atoms with E-state index >= 15 is 0 Å². The summed E-state index contributed by atoms with van der Waals surface area (Å²) in [6.45, 7) is 4.34. The van der Waals surface area contributed by atoms with Gasteiger partial charge in [-0.15, -0.1) is 0 Å². The molecule has 1 aliphatic heterocycles. The number of aryl methyl sites for hydroxylation is 1. The number of aromatic amines is 1. The fraction of sp³-hybridized carbons (Fsp3) is 0.667. The second kappa shape index (κ2) is 3.27. The van der Waals surface area contributed by atoms with Crippen molar-refractivity contribution in [1.82, 2.24) is 15.3 Å². The molecule has 2 rings (SSSR count). The third kappa shape index (κ3) is 1.67. The average molecular weight is 165 g/mol. The second-order valence-corrected chi connectivity index (χ2v) is 3.56. The molecule has 1 unspecified atom stereocenters. The maximum absolute atomic E-state index is 4.18. The van der Waals surface area contributed by atoms with Crippen LogP contribution in [0.3, 0.4) is 0 Å². The summed E-state index contributed by atoms with van der Waals surface area (Å²) in [5.74, 6) is 1.83. The number of imidazole rings is 1. The van der Waals surface area contributed by atoms with Crippen LogP contribution in [0.4, 0.5) is 0 Å². The number of rotatable bonds is 2. The molecule has 0 saturated carbocycles. The lowest BCUT2D eigenvalue weighted by Gasteiger charge is -2.04. The lowest BCUT2D eigenvalue weighted by molar-refractivity contribution is 0.573. The maximum Gasteiger partial charge on any atom is 0.103 e. The standard InChI is InChI=1S/C9H15N3/c1-7-11-6-9(12-7)4-8-2-3-10-5-8/h6,8,10H,2-5H2,1H3,(H,11,12). The Balaban J connectivity index is 1.94. The first-order chi connectivity index (χ1) is 5.84. The fourth-order valence-corrected chi connectivity index (χ4v) is 1.78. The van der Waals surface area contributed by atoms with Crippen LogP contribution in [0.5, 0.6) is 0 Å². The van der Waals surface area contributed by atoms with Crippen LogP contribution in [-0.4, -0.2) is 23.1 Å². The molecule has 0 spiro atoms. The van der Waals surface area contributed by atoms with Crippen molar-refractivity contribution in [2.45, 2.75) is 19.8 Å². The molecule has 2 N–H and O–H groups in total. The Morgan fingerprint density at radius 1 is 1.67 bits per heavy atom. The van der Waals surface area contributed by atoms with Crippen LogP contribution < -0.4 is 5.32 Å². The van der Waals surface area contributed by atoms with E-state index < -0.39 is 0 Å². The van der Waals surface area contributed by atoms with E-state index in [1.807, 2.05) is 13.1 Å². The van der Waals surface area contributed by atoms with Crippen molar-refractivity contribution in [1.29, 1.82) is 0 Å². The molecule has 1 aromatic heterocycles. The predicted molar refractivity (Wildman–Crippen MR) is 48.0 cm³/mol. The van der Waals surface area contributed by atoms with Crippen molar-refractivity contribution in [2.75, 3.05) is 13.1 Å². The summed E-state index contributed by atoms with van der Waals surface area (Å²) in [5, 5.41) is 3.37. The summed E-state index contributed by atoms with van der Waals surface area (Å²) >= 11 is 0. The van der Waals surface area contributed by atoms with Crippen LogP contribution in [0.25, 0.3) is 0 Å². The summed E-state index contributed by atoms with van der Waals surface area (Å²) in [6.07, 6.45) is 4.40. The van der Waals surface area contributed by atoms with Crippen LogP contribution in [0.2, 0.25) is 0 Å². The van der Waals surface area contributed by atoms with Gasteiger partial charge in [0, 0.05) is 11.9 Å². The maximum atomic E-state index is 4.18. The molecule has 1 aromatic rings. The number of nitrogens with one attached hydrogen (secondary N) is 2. The van der Waals surface area contributed by atoms with Crippen molar-refractivity contribution in [3.63, 3.8) is 0 Å². The van der Waals surface area contributed by atoms with Crippen molar-refractivity contribution in [3.8, 4) is 0 Å². The molecule has 1 aliphatic rings. The van der Waals surface area contributed by atoms with Gasteiger partial charge in [-0.3, -0.25) is 0 Å². The molecule has 3 nitrogen and oxygen atoms in total. The first kappa shape index (κ1) is 7.80. The summed E-state index contributed by atoms with van der Waals surface area (Å²) < 4.78 is 0. The highest BCUT2D eigenvalue weighted by Crippen LogP contribution is 2.13. The SMILES string of the molecule is Cc1ncc(CC2CCNC2)[nH]1. The van der Waals surface area contributed by atoms with Crippen molar-refractivity contribution in [2.24, 2.45) is 5.92 Å². The van der Waals surface area contributed by atoms with Gasteiger partial charge in [-0.2, -0.15) is 0 Å². The smallest absolute Gasteiger partial charge is 0.103 e. The van der Waals surface area contributed by atoms with Crippen LogP contribution in [0.15, 0.2) is 6.20 Å². The van der Waals surface area contributed by atoms with Gasteiger partial charge in [0.2, 0.25) is 0 Å². The van der Waals surface area contributed by atoms with E-state index in [0.29, 0.717) is 0 Å². The van der Waals surface area contributed by atoms with E-state index in [2.05, 4.69) is 15.3 Å². The van der Waals surface area contributed by atoms with E-state index in [0.717, 1.165) is 24.7 Å². The molecule has 1 saturated heterocycles. The third-order valence-electron chi connectivity index (χ3n) is 2.43. The molecule has 0 bridgehead atoms. The topological polar surface area (TPSA) is 40.7 Å². The molecule has 12 heavy (non-hydrogen) atoms. The zero-order valence-electron chi connectivity index (χ0n) is 7.43. The van der Waals surface area contributed by atoms with Gasteiger partial charge in [-0.25, -0.2) is 4.98 Å². The number of aromatic nitrogens is 2. The highest BCUT2D eigenvalue weighted by Gasteiger charge is 2.15. The Morgan fingerprint density at radius 3 is 3.17 bits per heavy atom. The largest absolute Gasteiger partial charge is 0.346 e. The van der Waals surface area contributed by atoms with Crippen LogP contribution >= 0.6 is 0 Å². The second-order valence-electron chi connectivity index (χ2n) is 3.56. The van der Waals surface area contributed by atoms with E-state index in [9.17, 15) is 0 Å².